The summed E-state index contributed by atoms with van der Waals surface area (Å²) in [7, 11) is 1.75. The van der Waals surface area contributed by atoms with Crippen LogP contribution in [0, 0.1) is 11.3 Å². The van der Waals surface area contributed by atoms with Crippen LogP contribution in [0.2, 0.25) is 0 Å². The minimum Gasteiger partial charge on any atom is -0.388 e. The average molecular weight is 243 g/mol. The third-order valence-electron chi connectivity index (χ3n) is 2.90. The highest BCUT2D eigenvalue weighted by atomic mass is 16.5. The number of methoxy groups -OCH3 is 1. The van der Waals surface area contributed by atoms with Crippen molar-refractivity contribution in [2.45, 2.75) is 46.1 Å². The number of nitrogens with one attached hydrogen (secondary N) is 1. The van der Waals surface area contributed by atoms with Gasteiger partial charge in [0, 0.05) is 33.2 Å². The second kappa shape index (κ2) is 7.67. The number of hydrogen-bond acceptors (Lipinski definition) is 3. The first-order valence-corrected chi connectivity index (χ1v) is 6.37. The number of hydrogen-bond donors (Lipinski definition) is 2. The Morgan fingerprint density at radius 3 is 2.35 bits per heavy atom. The van der Waals surface area contributed by atoms with Gasteiger partial charge >= 0.3 is 0 Å². The van der Waals surface area contributed by atoms with E-state index in [0.29, 0.717) is 12.3 Å². The van der Waals surface area contributed by atoms with Crippen LogP contribution in [0.3, 0.4) is 0 Å². The van der Waals surface area contributed by atoms with Crippen molar-refractivity contribution in [3.05, 3.63) is 0 Å². The Hall–Kier alpha value is -0.610. The Morgan fingerprint density at radius 1 is 1.35 bits per heavy atom. The predicted octanol–water partition coefficient (Wildman–Crippen LogP) is 2.09. The molecule has 0 aliphatic carbocycles. The molecular weight excluding hydrogens is 214 g/mol. The van der Waals surface area contributed by atoms with Gasteiger partial charge in [0.2, 0.25) is 0 Å². The molecule has 0 heterocycles. The maximum atomic E-state index is 7.29. The van der Waals surface area contributed by atoms with E-state index in [4.69, 9.17) is 15.9 Å². The summed E-state index contributed by atoms with van der Waals surface area (Å²) in [5, 5.41) is 7.29. The van der Waals surface area contributed by atoms with Crippen molar-refractivity contribution in [1.82, 2.24) is 4.90 Å². The fraction of sp³-hybridized carbons (Fsp3) is 0.923. The van der Waals surface area contributed by atoms with Gasteiger partial charge in [-0.25, -0.2) is 0 Å². The van der Waals surface area contributed by atoms with Gasteiger partial charge < -0.3 is 15.4 Å². The largest absolute Gasteiger partial charge is 0.388 e. The first kappa shape index (κ1) is 16.4. The maximum absolute atomic E-state index is 7.29. The summed E-state index contributed by atoms with van der Waals surface area (Å²) < 4.78 is 5.43. The lowest BCUT2D eigenvalue weighted by Crippen LogP contribution is -2.36. The molecule has 0 aromatic carbocycles. The molecule has 0 aromatic rings. The van der Waals surface area contributed by atoms with E-state index in [-0.39, 0.29) is 11.4 Å². The molecule has 17 heavy (non-hydrogen) atoms. The van der Waals surface area contributed by atoms with Crippen LogP contribution in [0.1, 0.15) is 40.5 Å². The highest BCUT2D eigenvalue weighted by molar-refractivity contribution is 5.76. The Morgan fingerprint density at radius 2 is 1.94 bits per heavy atom. The van der Waals surface area contributed by atoms with E-state index in [1.165, 1.54) is 0 Å². The lowest BCUT2D eigenvalue weighted by molar-refractivity contribution is 0.00683. The monoisotopic (exact) mass is 243 g/mol. The highest BCUT2D eigenvalue weighted by Gasteiger charge is 2.18. The fourth-order valence-corrected chi connectivity index (χ4v) is 1.62. The van der Waals surface area contributed by atoms with E-state index in [2.05, 4.69) is 32.6 Å². The molecule has 4 heteroatoms. The summed E-state index contributed by atoms with van der Waals surface area (Å²) >= 11 is 0. The third kappa shape index (κ3) is 9.12. The summed E-state index contributed by atoms with van der Waals surface area (Å²) in [6.45, 7) is 11.5. The van der Waals surface area contributed by atoms with Crippen molar-refractivity contribution in [3.8, 4) is 0 Å². The molecule has 0 aliphatic heterocycles. The molecule has 0 fully saturated rings. The van der Waals surface area contributed by atoms with Crippen LogP contribution < -0.4 is 5.73 Å². The number of ether oxygens (including phenoxy) is 1. The summed E-state index contributed by atoms with van der Waals surface area (Å²) in [5.41, 5.74) is 5.33. The average Bonchev–Trinajstić information content (AvgIpc) is 2.21. The van der Waals surface area contributed by atoms with Gasteiger partial charge in [-0.05, 0) is 26.2 Å². The molecule has 0 saturated carbocycles. The van der Waals surface area contributed by atoms with E-state index in [1.807, 2.05) is 0 Å². The van der Waals surface area contributed by atoms with Gasteiger partial charge in [0.1, 0.15) is 0 Å². The molecule has 0 bridgehead atoms. The second-order valence-electron chi connectivity index (χ2n) is 5.68. The maximum Gasteiger partial charge on any atom is 0.0918 e. The Bertz CT molecular complexity index is 227. The normalized spacial score (nSPS) is 12.4. The topological polar surface area (TPSA) is 62.3 Å². The second-order valence-corrected chi connectivity index (χ2v) is 5.68. The van der Waals surface area contributed by atoms with E-state index in [0.717, 1.165) is 26.1 Å². The van der Waals surface area contributed by atoms with E-state index in [9.17, 15) is 0 Å². The molecule has 0 atom stereocenters. The van der Waals surface area contributed by atoms with E-state index in [1.54, 1.807) is 7.11 Å². The zero-order valence-corrected chi connectivity index (χ0v) is 12.0. The molecule has 0 unspecified atom stereocenters. The summed E-state index contributed by atoms with van der Waals surface area (Å²) in [4.78, 5) is 2.37. The summed E-state index contributed by atoms with van der Waals surface area (Å²) in [6.07, 6.45) is 1.65. The van der Waals surface area contributed by atoms with Gasteiger partial charge in [-0.3, -0.25) is 5.41 Å². The highest BCUT2D eigenvalue weighted by Crippen LogP contribution is 2.14. The van der Waals surface area contributed by atoms with Gasteiger partial charge in [0.25, 0.3) is 0 Å². The number of rotatable bonds is 9. The predicted molar refractivity (Wildman–Crippen MR) is 73.5 cm³/mol. The molecule has 4 nitrogen and oxygen atoms in total. The van der Waals surface area contributed by atoms with Gasteiger partial charge in [0.15, 0.2) is 0 Å². The quantitative estimate of drug-likeness (QED) is 0.481. The first-order chi connectivity index (χ1) is 7.76. The van der Waals surface area contributed by atoms with Crippen molar-refractivity contribution in [2.24, 2.45) is 11.7 Å². The van der Waals surface area contributed by atoms with E-state index >= 15 is 0 Å². The lowest BCUT2D eigenvalue weighted by atomic mass is 10.0. The molecule has 0 saturated heterocycles. The molecule has 0 aliphatic rings. The summed E-state index contributed by atoms with van der Waals surface area (Å²) in [6, 6.07) is 0. The fourth-order valence-electron chi connectivity index (χ4n) is 1.62. The minimum atomic E-state index is -0.0779. The van der Waals surface area contributed by atoms with Crippen LogP contribution in [-0.2, 0) is 4.74 Å². The third-order valence-corrected chi connectivity index (χ3v) is 2.90. The van der Waals surface area contributed by atoms with Crippen molar-refractivity contribution in [3.63, 3.8) is 0 Å². The van der Waals surface area contributed by atoms with E-state index < -0.39 is 0 Å². The molecule has 0 aromatic heterocycles. The number of nitrogens with two attached hydrogens (primary N) is 1. The molecular formula is C13H29N3O. The van der Waals surface area contributed by atoms with Gasteiger partial charge in [0.05, 0.1) is 11.4 Å². The minimum absolute atomic E-state index is 0.0779. The van der Waals surface area contributed by atoms with Crippen molar-refractivity contribution in [1.29, 1.82) is 5.41 Å². The zero-order valence-electron chi connectivity index (χ0n) is 12.0. The van der Waals surface area contributed by atoms with Crippen LogP contribution >= 0.6 is 0 Å². The molecule has 0 rings (SSSR count). The van der Waals surface area contributed by atoms with Crippen LogP contribution in [0.4, 0.5) is 0 Å². The van der Waals surface area contributed by atoms with Crippen molar-refractivity contribution >= 4 is 5.84 Å². The van der Waals surface area contributed by atoms with Crippen molar-refractivity contribution < 1.29 is 4.74 Å². The van der Waals surface area contributed by atoms with Crippen LogP contribution in [0.15, 0.2) is 0 Å². The Kier molecular flexibility index (Phi) is 7.39. The smallest absolute Gasteiger partial charge is 0.0918 e. The van der Waals surface area contributed by atoms with Gasteiger partial charge in [-0.15, -0.1) is 0 Å². The summed E-state index contributed by atoms with van der Waals surface area (Å²) in [5.74, 6) is 0.900. The molecule has 0 spiro atoms. The standard InChI is InChI=1S/C13H29N3O/c1-11(2)10-16(8-6-12(14)15)9-7-13(3,4)17-5/h11H,6-10H2,1-5H3,(H3,14,15). The van der Waals surface area contributed by atoms with Gasteiger partial charge in [-0.2, -0.15) is 0 Å². The number of nitrogens with zero attached hydrogens (tertiary/aromatic N) is 1. The zero-order chi connectivity index (χ0) is 13.5. The van der Waals surface area contributed by atoms with Crippen molar-refractivity contribution in [2.75, 3.05) is 26.7 Å². The SMILES string of the molecule is COC(C)(C)CCN(CCC(=N)N)CC(C)C. The molecule has 0 amide bonds. The van der Waals surface area contributed by atoms with Gasteiger partial charge in [-0.1, -0.05) is 13.8 Å². The van der Waals surface area contributed by atoms with Crippen LogP contribution in [-0.4, -0.2) is 43.1 Å². The lowest BCUT2D eigenvalue weighted by Gasteiger charge is -2.29. The van der Waals surface area contributed by atoms with Crippen LogP contribution in [0.5, 0.6) is 0 Å². The number of amidine groups is 1. The molecule has 3 N–H and O–H groups in total. The molecule has 0 radical (unpaired) electrons. The molecule has 102 valence electrons. The Balaban J connectivity index is 4.14. The Labute approximate surface area is 106 Å². The first-order valence-electron chi connectivity index (χ1n) is 6.37. The van der Waals surface area contributed by atoms with Crippen LogP contribution in [0.25, 0.3) is 0 Å².